The Balaban J connectivity index is 1.53. The molecule has 0 amide bonds. The van der Waals surface area contributed by atoms with E-state index in [0.717, 1.165) is 48.7 Å². The summed E-state index contributed by atoms with van der Waals surface area (Å²) in [6.45, 7) is 2.56. The minimum atomic E-state index is 0.575. The lowest BCUT2D eigenvalue weighted by Gasteiger charge is -2.28. The average Bonchev–Trinajstić information content (AvgIpc) is 2.64. The molecule has 3 aromatic rings. The maximum atomic E-state index is 6.16. The summed E-state index contributed by atoms with van der Waals surface area (Å²) in [6, 6.07) is 7.82. The second-order valence-corrected chi connectivity index (χ2v) is 6.18. The molecule has 0 N–H and O–H groups in total. The molecule has 0 saturated heterocycles. The van der Waals surface area contributed by atoms with Crippen LogP contribution in [0.4, 0.5) is 0 Å². The van der Waals surface area contributed by atoms with E-state index in [1.54, 1.807) is 18.6 Å². The van der Waals surface area contributed by atoms with Gasteiger partial charge in [-0.2, -0.15) is 0 Å². The molecule has 0 saturated carbocycles. The van der Waals surface area contributed by atoms with Crippen molar-refractivity contribution >= 4 is 11.6 Å². The predicted molar refractivity (Wildman–Crippen MR) is 92.3 cm³/mol. The van der Waals surface area contributed by atoms with Gasteiger partial charge in [-0.25, -0.2) is 15.0 Å². The van der Waals surface area contributed by atoms with Crippen LogP contribution in [0.1, 0.15) is 16.8 Å². The van der Waals surface area contributed by atoms with Gasteiger partial charge in [-0.3, -0.25) is 9.88 Å². The quantitative estimate of drug-likeness (QED) is 0.687. The van der Waals surface area contributed by atoms with E-state index in [-0.39, 0.29) is 0 Å². The Morgan fingerprint density at radius 2 is 2.00 bits per heavy atom. The molecule has 4 rings (SSSR count). The van der Waals surface area contributed by atoms with Gasteiger partial charge in [-0.15, -0.1) is 0 Å². The van der Waals surface area contributed by atoms with Crippen molar-refractivity contribution in [3.05, 3.63) is 71.0 Å². The number of rotatable bonds is 3. The van der Waals surface area contributed by atoms with Crippen LogP contribution in [0.15, 0.2) is 49.1 Å². The second kappa shape index (κ2) is 6.63. The third-order valence-corrected chi connectivity index (χ3v) is 4.50. The Labute approximate surface area is 145 Å². The van der Waals surface area contributed by atoms with Crippen LogP contribution in [0.3, 0.4) is 0 Å². The Bertz CT molecular complexity index is 853. The first-order valence-corrected chi connectivity index (χ1v) is 8.24. The zero-order chi connectivity index (χ0) is 16.4. The van der Waals surface area contributed by atoms with Gasteiger partial charge in [-0.05, 0) is 18.2 Å². The Kier molecular flexibility index (Phi) is 4.19. The number of nitrogens with zero attached hydrogens (tertiary/aromatic N) is 5. The van der Waals surface area contributed by atoms with E-state index < -0.39 is 0 Å². The lowest BCUT2D eigenvalue weighted by atomic mass is 10.1. The van der Waals surface area contributed by atoms with Crippen molar-refractivity contribution in [3.63, 3.8) is 0 Å². The van der Waals surface area contributed by atoms with Crippen molar-refractivity contribution in [1.29, 1.82) is 0 Å². The van der Waals surface area contributed by atoms with E-state index in [0.29, 0.717) is 5.15 Å². The molecular weight excluding hydrogens is 322 g/mol. The molecule has 0 atom stereocenters. The van der Waals surface area contributed by atoms with Crippen molar-refractivity contribution in [2.75, 3.05) is 6.54 Å². The molecular formula is C18H16ClN5. The largest absolute Gasteiger partial charge is 0.294 e. The van der Waals surface area contributed by atoms with Gasteiger partial charge in [0, 0.05) is 67.5 Å². The van der Waals surface area contributed by atoms with Gasteiger partial charge in [0.15, 0.2) is 5.82 Å². The molecule has 5 nitrogen and oxygen atoms in total. The van der Waals surface area contributed by atoms with Crippen LogP contribution in [0.25, 0.3) is 11.4 Å². The zero-order valence-electron chi connectivity index (χ0n) is 13.1. The van der Waals surface area contributed by atoms with E-state index in [2.05, 4.69) is 19.9 Å². The number of aromatic nitrogens is 4. The lowest BCUT2D eigenvalue weighted by Crippen LogP contribution is -2.31. The zero-order valence-corrected chi connectivity index (χ0v) is 13.8. The first-order valence-electron chi connectivity index (χ1n) is 7.86. The standard InChI is InChI=1S/C18H16ClN5/c19-17-14(4-2-7-21-17)11-24-8-5-16-15(12-24)10-22-18(23-16)13-3-1-6-20-9-13/h1-4,6-7,9-10H,5,8,11-12H2. The third kappa shape index (κ3) is 3.13. The monoisotopic (exact) mass is 337 g/mol. The van der Waals surface area contributed by atoms with Gasteiger partial charge in [0.2, 0.25) is 0 Å². The lowest BCUT2D eigenvalue weighted by molar-refractivity contribution is 0.243. The first kappa shape index (κ1) is 15.2. The maximum absolute atomic E-state index is 6.16. The van der Waals surface area contributed by atoms with Gasteiger partial charge >= 0.3 is 0 Å². The molecule has 1 aliphatic rings. The first-order chi connectivity index (χ1) is 11.8. The van der Waals surface area contributed by atoms with Crippen LogP contribution in [-0.4, -0.2) is 31.4 Å². The normalized spacial score (nSPS) is 14.4. The fraction of sp³-hybridized carbons (Fsp3) is 0.222. The summed E-state index contributed by atoms with van der Waals surface area (Å²) in [5.41, 5.74) is 4.30. The van der Waals surface area contributed by atoms with Crippen molar-refractivity contribution in [3.8, 4) is 11.4 Å². The Morgan fingerprint density at radius 3 is 2.83 bits per heavy atom. The van der Waals surface area contributed by atoms with E-state index in [1.807, 2.05) is 30.5 Å². The minimum absolute atomic E-state index is 0.575. The number of halogens is 1. The molecule has 0 radical (unpaired) electrons. The average molecular weight is 338 g/mol. The summed E-state index contributed by atoms with van der Waals surface area (Å²) < 4.78 is 0. The molecule has 4 heterocycles. The van der Waals surface area contributed by atoms with Crippen molar-refractivity contribution in [2.45, 2.75) is 19.5 Å². The number of hydrogen-bond acceptors (Lipinski definition) is 5. The Hall–Kier alpha value is -2.37. The summed E-state index contributed by atoms with van der Waals surface area (Å²) in [5, 5.41) is 0.575. The van der Waals surface area contributed by atoms with Gasteiger partial charge in [0.1, 0.15) is 5.15 Å². The van der Waals surface area contributed by atoms with Crippen LogP contribution in [0.2, 0.25) is 5.15 Å². The van der Waals surface area contributed by atoms with E-state index in [9.17, 15) is 0 Å². The van der Waals surface area contributed by atoms with Gasteiger partial charge in [0.05, 0.1) is 5.69 Å². The molecule has 6 heteroatoms. The molecule has 0 aliphatic carbocycles. The fourth-order valence-corrected chi connectivity index (χ4v) is 3.10. The smallest absolute Gasteiger partial charge is 0.160 e. The molecule has 120 valence electrons. The number of pyridine rings is 2. The summed E-state index contributed by atoms with van der Waals surface area (Å²) >= 11 is 6.16. The molecule has 1 aliphatic heterocycles. The summed E-state index contributed by atoms with van der Waals surface area (Å²) in [6.07, 6.45) is 8.10. The van der Waals surface area contributed by atoms with Crippen LogP contribution >= 0.6 is 11.6 Å². The van der Waals surface area contributed by atoms with Crippen molar-refractivity contribution in [2.24, 2.45) is 0 Å². The van der Waals surface area contributed by atoms with Crippen LogP contribution in [0.5, 0.6) is 0 Å². The minimum Gasteiger partial charge on any atom is -0.294 e. The predicted octanol–water partition coefficient (Wildman–Crippen LogP) is 3.15. The third-order valence-electron chi connectivity index (χ3n) is 4.16. The topological polar surface area (TPSA) is 54.8 Å². The molecule has 0 spiro atoms. The summed E-state index contributed by atoms with van der Waals surface area (Å²) in [5.74, 6) is 0.741. The number of hydrogen-bond donors (Lipinski definition) is 0. The molecule has 0 unspecified atom stereocenters. The van der Waals surface area contributed by atoms with Gasteiger partial charge in [-0.1, -0.05) is 17.7 Å². The summed E-state index contributed by atoms with van der Waals surface area (Å²) in [7, 11) is 0. The highest BCUT2D eigenvalue weighted by molar-refractivity contribution is 6.30. The van der Waals surface area contributed by atoms with E-state index in [1.165, 1.54) is 5.56 Å². The van der Waals surface area contributed by atoms with Crippen LogP contribution < -0.4 is 0 Å². The van der Waals surface area contributed by atoms with Gasteiger partial charge in [0.25, 0.3) is 0 Å². The highest BCUT2D eigenvalue weighted by Gasteiger charge is 2.19. The van der Waals surface area contributed by atoms with Crippen LogP contribution in [-0.2, 0) is 19.5 Å². The highest BCUT2D eigenvalue weighted by Crippen LogP contribution is 2.23. The fourth-order valence-electron chi connectivity index (χ4n) is 2.92. The number of fused-ring (bicyclic) bond motifs is 1. The molecule has 0 fully saturated rings. The van der Waals surface area contributed by atoms with Crippen molar-refractivity contribution < 1.29 is 0 Å². The summed E-state index contributed by atoms with van der Waals surface area (Å²) in [4.78, 5) is 19.9. The van der Waals surface area contributed by atoms with E-state index >= 15 is 0 Å². The second-order valence-electron chi connectivity index (χ2n) is 5.82. The Morgan fingerprint density at radius 1 is 1.08 bits per heavy atom. The highest BCUT2D eigenvalue weighted by atomic mass is 35.5. The molecule has 24 heavy (non-hydrogen) atoms. The maximum Gasteiger partial charge on any atom is 0.160 e. The molecule has 0 bridgehead atoms. The van der Waals surface area contributed by atoms with E-state index in [4.69, 9.17) is 16.6 Å². The molecule has 0 aromatic carbocycles. The molecule has 3 aromatic heterocycles. The van der Waals surface area contributed by atoms with Gasteiger partial charge < -0.3 is 0 Å². The van der Waals surface area contributed by atoms with Crippen LogP contribution in [0, 0.1) is 0 Å². The van der Waals surface area contributed by atoms with Crippen molar-refractivity contribution in [1.82, 2.24) is 24.8 Å². The SMILES string of the molecule is Clc1ncccc1CN1CCc2nc(-c3cccnc3)ncc2C1.